The first kappa shape index (κ1) is 27.8. The second kappa shape index (κ2) is 16.2. The number of carbonyl (C=O) groups excluding carboxylic acids is 1. The molecule has 0 heterocycles. The number of nitrogens with two attached hydrogens (primary N) is 1. The Bertz CT molecular complexity index is 861. The summed E-state index contributed by atoms with van der Waals surface area (Å²) in [5.41, 5.74) is 8.69. The minimum absolute atomic E-state index is 0.267. The maximum atomic E-state index is 11.1. The number of ether oxygens (including phenoxy) is 3. The van der Waals surface area contributed by atoms with Crippen molar-refractivity contribution in [1.29, 1.82) is 0 Å². The van der Waals surface area contributed by atoms with Crippen molar-refractivity contribution in [2.45, 2.75) is 51.9 Å². The number of rotatable bonds is 17. The quantitative estimate of drug-likeness (QED) is 0.119. The van der Waals surface area contributed by atoms with Crippen LogP contribution < -0.4 is 15.8 Å². The number of aliphatic hydroxyl groups excluding tert-OH is 2. The molecular weight excluding hydrogens is 436 g/mol. The fourth-order valence-corrected chi connectivity index (χ4v) is 3.44. The molecule has 8 nitrogen and oxygen atoms in total. The number of hydrogen-bond donors (Lipinski definition) is 4. The molecule has 34 heavy (non-hydrogen) atoms. The first-order valence-corrected chi connectivity index (χ1v) is 11.8. The number of hydrogen-bond acceptors (Lipinski definition) is 8. The van der Waals surface area contributed by atoms with E-state index >= 15 is 0 Å². The van der Waals surface area contributed by atoms with Gasteiger partial charge in [-0.05, 0) is 54.8 Å². The van der Waals surface area contributed by atoms with Gasteiger partial charge in [-0.25, -0.2) is 0 Å². The number of nitrogens with one attached hydrogen (secondary N) is 1. The Balaban J connectivity index is 1.45. The van der Waals surface area contributed by atoms with Gasteiger partial charge >= 0.3 is 5.97 Å². The van der Waals surface area contributed by atoms with E-state index < -0.39 is 12.1 Å². The van der Waals surface area contributed by atoms with Gasteiger partial charge in [0, 0.05) is 31.3 Å². The number of aliphatic hydroxyl groups is 2. The summed E-state index contributed by atoms with van der Waals surface area (Å²) in [6.07, 6.45) is 3.50. The molecule has 2 aromatic rings. The molecule has 0 radical (unpaired) electrons. The Hall–Kier alpha value is -2.49. The average molecular weight is 475 g/mol. The fraction of sp³-hybridized carbons (Fsp3) is 0.500. The molecule has 0 saturated heterocycles. The van der Waals surface area contributed by atoms with Gasteiger partial charge in [-0.15, -0.1) is 0 Å². The summed E-state index contributed by atoms with van der Waals surface area (Å²) in [6, 6.07) is 12.6. The highest BCUT2D eigenvalue weighted by Crippen LogP contribution is 2.24. The van der Waals surface area contributed by atoms with Crippen molar-refractivity contribution in [1.82, 2.24) is 5.32 Å². The number of unbranched alkanes of at least 4 members (excludes halogenated alkanes) is 3. The maximum absolute atomic E-state index is 11.1. The van der Waals surface area contributed by atoms with E-state index in [1.54, 1.807) is 18.2 Å². The lowest BCUT2D eigenvalue weighted by molar-refractivity contribution is -0.131. The topological polar surface area (TPSA) is 123 Å². The monoisotopic (exact) mass is 474 g/mol. The van der Waals surface area contributed by atoms with Crippen molar-refractivity contribution in [2.75, 3.05) is 38.6 Å². The van der Waals surface area contributed by atoms with E-state index in [2.05, 4.69) is 5.32 Å². The average Bonchev–Trinajstić information content (AvgIpc) is 2.81. The maximum Gasteiger partial charge on any atom is 0.308 e. The standard InChI is InChI=1S/C26H38N2O6/c1-20(30)34-26-10-9-22(16-23(26)18-29)25(31)17-28-11-4-2-3-5-12-32-13-14-33-19-21-7-6-8-24(27)15-21/h6-10,15-16,25,28-29,31H,2-5,11-14,17-19,27H2,1H3/t25-/m0/s1. The summed E-state index contributed by atoms with van der Waals surface area (Å²) >= 11 is 0. The number of nitrogen functional groups attached to an aromatic ring is 1. The van der Waals surface area contributed by atoms with E-state index in [0.29, 0.717) is 43.2 Å². The predicted molar refractivity (Wildman–Crippen MR) is 131 cm³/mol. The van der Waals surface area contributed by atoms with Crippen LogP contribution >= 0.6 is 0 Å². The lowest BCUT2D eigenvalue weighted by Crippen LogP contribution is -2.22. The van der Waals surface area contributed by atoms with Crippen LogP contribution in [0.15, 0.2) is 42.5 Å². The summed E-state index contributed by atoms with van der Waals surface area (Å²) in [7, 11) is 0. The van der Waals surface area contributed by atoms with E-state index in [1.165, 1.54) is 6.92 Å². The van der Waals surface area contributed by atoms with Gasteiger partial charge in [0.1, 0.15) is 5.75 Å². The van der Waals surface area contributed by atoms with E-state index in [-0.39, 0.29) is 6.61 Å². The smallest absolute Gasteiger partial charge is 0.308 e. The molecule has 0 amide bonds. The van der Waals surface area contributed by atoms with Crippen LogP contribution in [0.1, 0.15) is 55.4 Å². The molecule has 2 aromatic carbocycles. The second-order valence-corrected chi connectivity index (χ2v) is 8.16. The Labute approximate surface area is 202 Å². The third kappa shape index (κ3) is 11.1. The van der Waals surface area contributed by atoms with Gasteiger partial charge in [-0.1, -0.05) is 31.0 Å². The molecular formula is C26H38N2O6. The Kier molecular flexibility index (Phi) is 13.2. The largest absolute Gasteiger partial charge is 0.426 e. The molecule has 1 atom stereocenters. The van der Waals surface area contributed by atoms with E-state index in [9.17, 15) is 15.0 Å². The molecule has 8 heteroatoms. The van der Waals surface area contributed by atoms with Gasteiger partial charge in [-0.2, -0.15) is 0 Å². The number of anilines is 1. The third-order valence-corrected chi connectivity index (χ3v) is 5.22. The van der Waals surface area contributed by atoms with Crippen LogP contribution in [0.4, 0.5) is 5.69 Å². The van der Waals surface area contributed by atoms with Crippen molar-refractivity contribution in [3.63, 3.8) is 0 Å². The van der Waals surface area contributed by atoms with Crippen LogP contribution in [-0.4, -0.2) is 49.1 Å². The summed E-state index contributed by atoms with van der Waals surface area (Å²) in [4.78, 5) is 11.1. The molecule has 0 spiro atoms. The molecule has 5 N–H and O–H groups in total. The van der Waals surface area contributed by atoms with Crippen LogP contribution in [0.3, 0.4) is 0 Å². The minimum Gasteiger partial charge on any atom is -0.426 e. The van der Waals surface area contributed by atoms with Crippen molar-refractivity contribution in [2.24, 2.45) is 0 Å². The zero-order chi connectivity index (χ0) is 24.6. The zero-order valence-corrected chi connectivity index (χ0v) is 20.0. The molecule has 0 saturated carbocycles. The highest BCUT2D eigenvalue weighted by Gasteiger charge is 2.12. The Morgan fingerprint density at radius 3 is 2.59 bits per heavy atom. The highest BCUT2D eigenvalue weighted by atomic mass is 16.5. The molecule has 0 bridgehead atoms. The van der Waals surface area contributed by atoms with Gasteiger partial charge in [0.05, 0.1) is 32.5 Å². The van der Waals surface area contributed by atoms with Crippen molar-refractivity contribution in [3.05, 3.63) is 59.2 Å². The minimum atomic E-state index is -0.702. The van der Waals surface area contributed by atoms with E-state index in [1.807, 2.05) is 24.3 Å². The highest BCUT2D eigenvalue weighted by molar-refractivity contribution is 5.69. The third-order valence-electron chi connectivity index (χ3n) is 5.22. The fourth-order valence-electron chi connectivity index (χ4n) is 3.44. The summed E-state index contributed by atoms with van der Waals surface area (Å²) in [5, 5.41) is 23.1. The second-order valence-electron chi connectivity index (χ2n) is 8.16. The molecule has 0 fully saturated rings. The van der Waals surface area contributed by atoms with Gasteiger partial charge in [0.2, 0.25) is 0 Å². The molecule has 0 aromatic heterocycles. The molecule has 2 rings (SSSR count). The molecule has 0 aliphatic heterocycles. The van der Waals surface area contributed by atoms with E-state index in [4.69, 9.17) is 19.9 Å². The Morgan fingerprint density at radius 2 is 1.82 bits per heavy atom. The van der Waals surface area contributed by atoms with Gasteiger partial charge in [0.15, 0.2) is 0 Å². The van der Waals surface area contributed by atoms with Crippen LogP contribution in [0.25, 0.3) is 0 Å². The SMILES string of the molecule is CC(=O)Oc1ccc([C@@H](O)CNCCCCCCOCCOCc2cccc(N)c2)cc1CO. The lowest BCUT2D eigenvalue weighted by atomic mass is 10.1. The number of esters is 1. The molecule has 0 unspecified atom stereocenters. The van der Waals surface area contributed by atoms with Crippen LogP contribution in [0, 0.1) is 0 Å². The van der Waals surface area contributed by atoms with Gasteiger partial charge in [-0.3, -0.25) is 4.79 Å². The van der Waals surface area contributed by atoms with Gasteiger partial charge < -0.3 is 35.5 Å². The Morgan fingerprint density at radius 1 is 1.03 bits per heavy atom. The predicted octanol–water partition coefficient (Wildman–Crippen LogP) is 3.10. The summed E-state index contributed by atoms with van der Waals surface area (Å²) in [5.74, 6) is -0.136. The summed E-state index contributed by atoms with van der Waals surface area (Å²) in [6.45, 7) is 4.68. The zero-order valence-electron chi connectivity index (χ0n) is 20.0. The van der Waals surface area contributed by atoms with Gasteiger partial charge in [0.25, 0.3) is 0 Å². The first-order valence-electron chi connectivity index (χ1n) is 11.8. The van der Waals surface area contributed by atoms with Crippen molar-refractivity contribution in [3.8, 4) is 5.75 Å². The van der Waals surface area contributed by atoms with Crippen LogP contribution in [0.2, 0.25) is 0 Å². The normalized spacial score (nSPS) is 12.0. The number of carbonyl (C=O) groups is 1. The lowest BCUT2D eigenvalue weighted by Gasteiger charge is -2.15. The van der Waals surface area contributed by atoms with Crippen LogP contribution in [0.5, 0.6) is 5.75 Å². The van der Waals surface area contributed by atoms with Crippen LogP contribution in [-0.2, 0) is 27.5 Å². The molecule has 188 valence electrons. The molecule has 0 aliphatic carbocycles. The number of benzene rings is 2. The molecule has 0 aliphatic rings. The van der Waals surface area contributed by atoms with Crippen molar-refractivity contribution < 1.29 is 29.2 Å². The van der Waals surface area contributed by atoms with Crippen molar-refractivity contribution >= 4 is 11.7 Å². The first-order chi connectivity index (χ1) is 16.5. The summed E-state index contributed by atoms with van der Waals surface area (Å²) < 4.78 is 16.3. The van der Waals surface area contributed by atoms with E-state index in [0.717, 1.165) is 50.1 Å².